The zero-order valence-electron chi connectivity index (χ0n) is 10.6. The predicted molar refractivity (Wildman–Crippen MR) is 72.0 cm³/mol. The van der Waals surface area contributed by atoms with Crippen LogP contribution in [0.15, 0.2) is 16.8 Å². The average molecular weight is 255 g/mol. The summed E-state index contributed by atoms with van der Waals surface area (Å²) in [6.07, 6.45) is 0. The molecule has 0 fully saturated rings. The van der Waals surface area contributed by atoms with Crippen molar-refractivity contribution in [2.24, 2.45) is 5.73 Å². The van der Waals surface area contributed by atoms with Gasteiger partial charge in [-0.1, -0.05) is 6.92 Å². The highest BCUT2D eigenvalue weighted by Gasteiger charge is 2.24. The largest absolute Gasteiger partial charge is 0.358 e. The standard InChI is InChI=1S/C12H21N3OS/c1-4-15(7-11(16)14-3)12(9(2)13)10-5-6-17-8-10/h5-6,8-9,12H,4,7,13H2,1-3H3,(H,14,16). The molecule has 0 aromatic carbocycles. The molecule has 2 atom stereocenters. The highest BCUT2D eigenvalue weighted by atomic mass is 32.1. The van der Waals surface area contributed by atoms with Crippen molar-refractivity contribution < 1.29 is 4.79 Å². The van der Waals surface area contributed by atoms with Crippen molar-refractivity contribution in [1.82, 2.24) is 10.2 Å². The van der Waals surface area contributed by atoms with Crippen LogP contribution in [0.5, 0.6) is 0 Å². The van der Waals surface area contributed by atoms with Crippen LogP contribution in [0.4, 0.5) is 0 Å². The van der Waals surface area contributed by atoms with Crippen LogP contribution in [0.1, 0.15) is 25.5 Å². The number of likely N-dealkylation sites (N-methyl/N-ethyl adjacent to an activating group) is 2. The Morgan fingerprint density at radius 1 is 1.65 bits per heavy atom. The lowest BCUT2D eigenvalue weighted by Crippen LogP contribution is -2.44. The Kier molecular flexibility index (Phi) is 5.61. The molecule has 0 aliphatic rings. The third kappa shape index (κ3) is 3.80. The molecule has 96 valence electrons. The molecule has 0 radical (unpaired) electrons. The number of nitrogens with one attached hydrogen (secondary N) is 1. The Labute approximate surface area is 107 Å². The topological polar surface area (TPSA) is 58.4 Å². The number of carbonyl (C=O) groups excluding carboxylic acids is 1. The first-order valence-electron chi connectivity index (χ1n) is 5.82. The smallest absolute Gasteiger partial charge is 0.233 e. The molecule has 2 unspecified atom stereocenters. The number of rotatable bonds is 6. The van der Waals surface area contributed by atoms with E-state index in [4.69, 9.17) is 5.73 Å². The maximum Gasteiger partial charge on any atom is 0.233 e. The van der Waals surface area contributed by atoms with Gasteiger partial charge in [-0.15, -0.1) is 0 Å². The summed E-state index contributed by atoms with van der Waals surface area (Å²) in [4.78, 5) is 13.6. The van der Waals surface area contributed by atoms with E-state index >= 15 is 0 Å². The second-order valence-electron chi connectivity index (χ2n) is 4.10. The van der Waals surface area contributed by atoms with Crippen molar-refractivity contribution in [1.29, 1.82) is 0 Å². The third-order valence-electron chi connectivity index (χ3n) is 2.81. The second kappa shape index (κ2) is 6.74. The molecule has 0 saturated carbocycles. The molecule has 1 aromatic heterocycles. The molecule has 0 aliphatic heterocycles. The fraction of sp³-hybridized carbons (Fsp3) is 0.583. The van der Waals surface area contributed by atoms with Crippen molar-refractivity contribution in [2.45, 2.75) is 25.9 Å². The van der Waals surface area contributed by atoms with E-state index in [-0.39, 0.29) is 18.0 Å². The van der Waals surface area contributed by atoms with Gasteiger partial charge in [-0.25, -0.2) is 0 Å². The van der Waals surface area contributed by atoms with Gasteiger partial charge in [0.15, 0.2) is 0 Å². The first-order valence-corrected chi connectivity index (χ1v) is 6.76. The minimum Gasteiger partial charge on any atom is -0.358 e. The minimum atomic E-state index is -0.00536. The third-order valence-corrected chi connectivity index (χ3v) is 3.51. The molecule has 1 rings (SSSR count). The molecular weight excluding hydrogens is 234 g/mol. The number of amides is 1. The summed E-state index contributed by atoms with van der Waals surface area (Å²) >= 11 is 1.66. The van der Waals surface area contributed by atoms with Crippen LogP contribution in [-0.2, 0) is 4.79 Å². The van der Waals surface area contributed by atoms with Gasteiger partial charge in [-0.2, -0.15) is 11.3 Å². The van der Waals surface area contributed by atoms with E-state index in [0.717, 1.165) is 6.54 Å². The normalized spacial score (nSPS) is 14.6. The highest BCUT2D eigenvalue weighted by molar-refractivity contribution is 7.07. The first-order chi connectivity index (χ1) is 8.10. The Morgan fingerprint density at radius 2 is 2.35 bits per heavy atom. The van der Waals surface area contributed by atoms with Crippen LogP contribution in [0.2, 0.25) is 0 Å². The molecule has 0 spiro atoms. The molecule has 3 N–H and O–H groups in total. The van der Waals surface area contributed by atoms with Gasteiger partial charge in [0.25, 0.3) is 0 Å². The molecule has 4 nitrogen and oxygen atoms in total. The zero-order valence-corrected chi connectivity index (χ0v) is 11.5. The number of hydrogen-bond acceptors (Lipinski definition) is 4. The number of hydrogen-bond donors (Lipinski definition) is 2. The van der Waals surface area contributed by atoms with Crippen LogP contribution < -0.4 is 11.1 Å². The molecule has 1 heterocycles. The van der Waals surface area contributed by atoms with Crippen LogP contribution in [0, 0.1) is 0 Å². The summed E-state index contributed by atoms with van der Waals surface area (Å²) in [6.45, 7) is 5.21. The fourth-order valence-corrected chi connectivity index (χ4v) is 2.65. The van der Waals surface area contributed by atoms with Gasteiger partial charge < -0.3 is 11.1 Å². The van der Waals surface area contributed by atoms with E-state index in [1.807, 2.05) is 19.2 Å². The van der Waals surface area contributed by atoms with E-state index in [1.54, 1.807) is 18.4 Å². The van der Waals surface area contributed by atoms with Crippen LogP contribution in [0.25, 0.3) is 0 Å². The van der Waals surface area contributed by atoms with E-state index in [0.29, 0.717) is 6.54 Å². The summed E-state index contributed by atoms with van der Waals surface area (Å²) in [5, 5.41) is 6.79. The molecular formula is C12H21N3OS. The summed E-state index contributed by atoms with van der Waals surface area (Å²) < 4.78 is 0. The van der Waals surface area contributed by atoms with Gasteiger partial charge in [-0.3, -0.25) is 9.69 Å². The second-order valence-corrected chi connectivity index (χ2v) is 4.88. The highest BCUT2D eigenvalue weighted by Crippen LogP contribution is 2.25. The maximum absolute atomic E-state index is 11.5. The lowest BCUT2D eigenvalue weighted by atomic mass is 10.0. The molecule has 0 saturated heterocycles. The van der Waals surface area contributed by atoms with Crippen molar-refractivity contribution in [3.05, 3.63) is 22.4 Å². The summed E-state index contributed by atoms with van der Waals surface area (Å²) in [7, 11) is 1.65. The summed E-state index contributed by atoms with van der Waals surface area (Å²) in [5.74, 6) is 0.0210. The lowest BCUT2D eigenvalue weighted by Gasteiger charge is -2.32. The Morgan fingerprint density at radius 3 is 2.76 bits per heavy atom. The van der Waals surface area contributed by atoms with Crippen molar-refractivity contribution in [3.63, 3.8) is 0 Å². The first kappa shape index (κ1) is 14.2. The number of nitrogens with zero attached hydrogens (tertiary/aromatic N) is 1. The average Bonchev–Trinajstić information content (AvgIpc) is 2.80. The summed E-state index contributed by atoms with van der Waals surface area (Å²) in [6, 6.07) is 2.17. The van der Waals surface area contributed by atoms with Crippen molar-refractivity contribution in [3.8, 4) is 0 Å². The minimum absolute atomic E-state index is 0.00536. The Balaban J connectivity index is 2.84. The predicted octanol–water partition coefficient (Wildman–Crippen LogP) is 1.20. The quantitative estimate of drug-likeness (QED) is 0.803. The number of nitrogens with two attached hydrogens (primary N) is 1. The van der Waals surface area contributed by atoms with Gasteiger partial charge in [0.05, 0.1) is 12.6 Å². The maximum atomic E-state index is 11.5. The monoisotopic (exact) mass is 255 g/mol. The Bertz CT molecular complexity index is 338. The van der Waals surface area contributed by atoms with Gasteiger partial charge in [0.2, 0.25) is 5.91 Å². The molecule has 1 aromatic rings. The van der Waals surface area contributed by atoms with E-state index in [1.165, 1.54) is 5.56 Å². The summed E-state index contributed by atoms with van der Waals surface area (Å²) in [5.41, 5.74) is 7.24. The van der Waals surface area contributed by atoms with Gasteiger partial charge >= 0.3 is 0 Å². The molecule has 1 amide bonds. The molecule has 5 heteroatoms. The van der Waals surface area contributed by atoms with Crippen LogP contribution in [0.3, 0.4) is 0 Å². The van der Waals surface area contributed by atoms with E-state index < -0.39 is 0 Å². The number of thiophene rings is 1. The van der Waals surface area contributed by atoms with Crippen molar-refractivity contribution >= 4 is 17.2 Å². The van der Waals surface area contributed by atoms with Gasteiger partial charge in [0, 0.05) is 13.1 Å². The van der Waals surface area contributed by atoms with Crippen LogP contribution >= 0.6 is 11.3 Å². The molecule has 17 heavy (non-hydrogen) atoms. The molecule has 0 bridgehead atoms. The number of carbonyl (C=O) groups is 1. The van der Waals surface area contributed by atoms with Gasteiger partial charge in [-0.05, 0) is 35.9 Å². The van der Waals surface area contributed by atoms with E-state index in [9.17, 15) is 4.79 Å². The Hall–Kier alpha value is -0.910. The molecule has 0 aliphatic carbocycles. The zero-order chi connectivity index (χ0) is 12.8. The lowest BCUT2D eigenvalue weighted by molar-refractivity contribution is -0.122. The fourth-order valence-electron chi connectivity index (χ4n) is 1.96. The van der Waals surface area contributed by atoms with Crippen molar-refractivity contribution in [2.75, 3.05) is 20.1 Å². The SMILES string of the molecule is CCN(CC(=O)NC)C(c1ccsc1)C(C)N. The van der Waals surface area contributed by atoms with E-state index in [2.05, 4.69) is 21.7 Å². The van der Waals surface area contributed by atoms with Crippen LogP contribution in [-0.4, -0.2) is 37.0 Å². The van der Waals surface area contributed by atoms with Gasteiger partial charge in [0.1, 0.15) is 0 Å².